The van der Waals surface area contributed by atoms with E-state index in [1.165, 1.54) is 18.5 Å². The van der Waals surface area contributed by atoms with Crippen molar-refractivity contribution >= 4 is 0 Å². The summed E-state index contributed by atoms with van der Waals surface area (Å²) in [6, 6.07) is 3.48. The van der Waals surface area contributed by atoms with E-state index in [-0.39, 0.29) is 0 Å². The lowest BCUT2D eigenvalue weighted by molar-refractivity contribution is 0.175. The Hall–Kier alpha value is -0.870. The zero-order valence-electron chi connectivity index (χ0n) is 14.4. The molecule has 0 aromatic carbocycles. The molecule has 2 rings (SSSR count). The van der Waals surface area contributed by atoms with Crippen LogP contribution in [-0.4, -0.2) is 39.9 Å². The molecule has 0 aliphatic carbocycles. The summed E-state index contributed by atoms with van der Waals surface area (Å²) < 4.78 is 2.15. The second-order valence-corrected chi connectivity index (χ2v) is 6.61. The molecule has 4 heteroatoms. The largest absolute Gasteiger partial charge is 0.312 e. The first kappa shape index (κ1) is 16.5. The molecule has 3 unspecified atom stereocenters. The average Bonchev–Trinajstić information content (AvgIpc) is 2.72. The third kappa shape index (κ3) is 4.07. The summed E-state index contributed by atoms with van der Waals surface area (Å²) in [5, 5.41) is 8.34. The molecule has 0 amide bonds. The van der Waals surface area contributed by atoms with Crippen LogP contribution in [0, 0.1) is 12.8 Å². The Morgan fingerprint density at radius 2 is 2.19 bits per heavy atom. The highest BCUT2D eigenvalue weighted by molar-refractivity contribution is 5.09. The van der Waals surface area contributed by atoms with E-state index in [0.29, 0.717) is 12.1 Å². The van der Waals surface area contributed by atoms with Gasteiger partial charge in [0, 0.05) is 31.7 Å². The van der Waals surface area contributed by atoms with Gasteiger partial charge in [0.05, 0.1) is 11.4 Å². The van der Waals surface area contributed by atoms with Gasteiger partial charge >= 0.3 is 0 Å². The molecule has 4 nitrogen and oxygen atoms in total. The zero-order chi connectivity index (χ0) is 15.4. The molecule has 120 valence electrons. The molecule has 21 heavy (non-hydrogen) atoms. The van der Waals surface area contributed by atoms with Crippen molar-refractivity contribution in [2.24, 2.45) is 5.92 Å². The van der Waals surface area contributed by atoms with Gasteiger partial charge < -0.3 is 5.32 Å². The number of hydrogen-bond acceptors (Lipinski definition) is 3. The van der Waals surface area contributed by atoms with Crippen molar-refractivity contribution in [3.8, 4) is 0 Å². The maximum Gasteiger partial charge on any atom is 0.0597 e. The summed E-state index contributed by atoms with van der Waals surface area (Å²) in [6.45, 7) is 15.5. The molecule has 2 heterocycles. The summed E-state index contributed by atoms with van der Waals surface area (Å²) in [4.78, 5) is 2.64. The molecular formula is C17H32N4. The fraction of sp³-hybridized carbons (Fsp3) is 0.824. The lowest BCUT2D eigenvalue weighted by atomic mass is 9.99. The molecule has 1 aliphatic heterocycles. The fourth-order valence-electron chi connectivity index (χ4n) is 3.25. The van der Waals surface area contributed by atoms with E-state index in [2.05, 4.69) is 60.7 Å². The van der Waals surface area contributed by atoms with E-state index in [4.69, 9.17) is 0 Å². The van der Waals surface area contributed by atoms with E-state index < -0.39 is 0 Å². The monoisotopic (exact) mass is 292 g/mol. The van der Waals surface area contributed by atoms with E-state index in [9.17, 15) is 0 Å². The summed E-state index contributed by atoms with van der Waals surface area (Å²) >= 11 is 0. The van der Waals surface area contributed by atoms with Crippen molar-refractivity contribution in [1.82, 2.24) is 20.0 Å². The lowest BCUT2D eigenvalue weighted by Crippen LogP contribution is -2.43. The standard InChI is InChI=1S/C17H32N4/c1-6-13(3)17-12-20(15(5)8-9-18-17)11-16-10-14(4)19-21(16)7-2/h10,13,15,17-18H,6-9,11-12H2,1-5H3. The van der Waals surface area contributed by atoms with Crippen molar-refractivity contribution in [3.63, 3.8) is 0 Å². The van der Waals surface area contributed by atoms with Crippen LogP contribution in [0.2, 0.25) is 0 Å². The van der Waals surface area contributed by atoms with E-state index >= 15 is 0 Å². The summed E-state index contributed by atoms with van der Waals surface area (Å²) in [6.07, 6.45) is 2.47. The molecular weight excluding hydrogens is 260 g/mol. The van der Waals surface area contributed by atoms with Gasteiger partial charge in [-0.15, -0.1) is 0 Å². The number of rotatable bonds is 5. The van der Waals surface area contributed by atoms with Gasteiger partial charge in [0.15, 0.2) is 0 Å². The van der Waals surface area contributed by atoms with Crippen LogP contribution >= 0.6 is 0 Å². The van der Waals surface area contributed by atoms with E-state index in [0.717, 1.165) is 37.8 Å². The second kappa shape index (κ2) is 7.41. The minimum Gasteiger partial charge on any atom is -0.312 e. The first-order chi connectivity index (χ1) is 10.0. The smallest absolute Gasteiger partial charge is 0.0597 e. The van der Waals surface area contributed by atoms with Crippen LogP contribution in [0.25, 0.3) is 0 Å². The van der Waals surface area contributed by atoms with Gasteiger partial charge in [0.2, 0.25) is 0 Å². The first-order valence-electron chi connectivity index (χ1n) is 8.55. The predicted octanol–water partition coefficient (Wildman–Crippen LogP) is 2.81. The Balaban J connectivity index is 2.11. The van der Waals surface area contributed by atoms with Crippen LogP contribution < -0.4 is 5.32 Å². The fourth-order valence-corrected chi connectivity index (χ4v) is 3.25. The Morgan fingerprint density at radius 3 is 2.86 bits per heavy atom. The van der Waals surface area contributed by atoms with Crippen LogP contribution in [-0.2, 0) is 13.1 Å². The number of nitrogens with one attached hydrogen (secondary N) is 1. The summed E-state index contributed by atoms with van der Waals surface area (Å²) in [5.74, 6) is 0.732. The average molecular weight is 292 g/mol. The van der Waals surface area contributed by atoms with Crippen LogP contribution in [0.3, 0.4) is 0 Å². The van der Waals surface area contributed by atoms with Gasteiger partial charge in [-0.2, -0.15) is 5.10 Å². The number of aryl methyl sites for hydroxylation is 2. The maximum atomic E-state index is 4.59. The number of hydrogen-bond donors (Lipinski definition) is 1. The first-order valence-corrected chi connectivity index (χ1v) is 8.55. The van der Waals surface area contributed by atoms with Crippen molar-refractivity contribution in [2.75, 3.05) is 13.1 Å². The summed E-state index contributed by atoms with van der Waals surface area (Å²) in [5.41, 5.74) is 2.48. The van der Waals surface area contributed by atoms with Crippen molar-refractivity contribution in [1.29, 1.82) is 0 Å². The van der Waals surface area contributed by atoms with Crippen LogP contribution in [0.5, 0.6) is 0 Å². The minimum absolute atomic E-state index is 0.610. The van der Waals surface area contributed by atoms with Gasteiger partial charge in [-0.1, -0.05) is 20.3 Å². The normalized spacial score (nSPS) is 25.8. The molecule has 0 bridgehead atoms. The quantitative estimate of drug-likeness (QED) is 0.906. The van der Waals surface area contributed by atoms with Crippen LogP contribution in [0.4, 0.5) is 0 Å². The molecule has 3 atom stereocenters. The number of nitrogens with zero attached hydrogens (tertiary/aromatic N) is 3. The Morgan fingerprint density at radius 1 is 1.43 bits per heavy atom. The molecule has 1 aromatic heterocycles. The van der Waals surface area contributed by atoms with Crippen molar-refractivity contribution in [3.05, 3.63) is 17.5 Å². The van der Waals surface area contributed by atoms with Crippen molar-refractivity contribution < 1.29 is 0 Å². The lowest BCUT2D eigenvalue weighted by Gasteiger charge is -2.31. The third-order valence-electron chi connectivity index (χ3n) is 5.00. The van der Waals surface area contributed by atoms with Crippen LogP contribution in [0.1, 0.15) is 51.9 Å². The maximum absolute atomic E-state index is 4.59. The van der Waals surface area contributed by atoms with Gasteiger partial charge in [0.1, 0.15) is 0 Å². The van der Waals surface area contributed by atoms with E-state index in [1.54, 1.807) is 0 Å². The molecule has 1 aromatic rings. The molecule has 1 fully saturated rings. The molecule has 1 N–H and O–H groups in total. The zero-order valence-corrected chi connectivity index (χ0v) is 14.4. The molecule has 0 spiro atoms. The SMILES string of the molecule is CCC(C)C1CN(Cc2cc(C)nn2CC)C(C)CCN1. The minimum atomic E-state index is 0.610. The van der Waals surface area contributed by atoms with Crippen molar-refractivity contribution in [2.45, 2.75) is 72.6 Å². The van der Waals surface area contributed by atoms with Gasteiger partial charge in [-0.3, -0.25) is 9.58 Å². The molecule has 1 saturated heterocycles. The highest BCUT2D eigenvalue weighted by Crippen LogP contribution is 2.19. The van der Waals surface area contributed by atoms with Gasteiger partial charge in [-0.05, 0) is 45.7 Å². The molecule has 1 aliphatic rings. The number of aromatic nitrogens is 2. The van der Waals surface area contributed by atoms with Gasteiger partial charge in [0.25, 0.3) is 0 Å². The van der Waals surface area contributed by atoms with Gasteiger partial charge in [-0.25, -0.2) is 0 Å². The Kier molecular flexibility index (Phi) is 5.82. The highest BCUT2D eigenvalue weighted by Gasteiger charge is 2.26. The molecule has 0 saturated carbocycles. The topological polar surface area (TPSA) is 33.1 Å². The Bertz CT molecular complexity index is 440. The second-order valence-electron chi connectivity index (χ2n) is 6.61. The summed E-state index contributed by atoms with van der Waals surface area (Å²) in [7, 11) is 0. The third-order valence-corrected chi connectivity index (χ3v) is 5.00. The predicted molar refractivity (Wildman–Crippen MR) is 88.4 cm³/mol. The molecule has 0 radical (unpaired) electrons. The van der Waals surface area contributed by atoms with E-state index in [1.807, 2.05) is 0 Å². The highest BCUT2D eigenvalue weighted by atomic mass is 15.3. The van der Waals surface area contributed by atoms with Crippen LogP contribution in [0.15, 0.2) is 6.07 Å². The Labute approximate surface area is 129 Å².